The molecule has 33 heavy (non-hydrogen) atoms. The van der Waals surface area contributed by atoms with Crippen molar-refractivity contribution in [1.29, 1.82) is 0 Å². The summed E-state index contributed by atoms with van der Waals surface area (Å²) in [4.78, 5) is 22.7. The normalized spacial score (nSPS) is 14.1. The number of halogens is 2. The predicted octanol–water partition coefficient (Wildman–Crippen LogP) is 3.60. The van der Waals surface area contributed by atoms with Crippen LogP contribution in [0.25, 0.3) is 27.8 Å². The zero-order valence-electron chi connectivity index (χ0n) is 17.6. The van der Waals surface area contributed by atoms with Gasteiger partial charge in [0.05, 0.1) is 24.3 Å². The van der Waals surface area contributed by atoms with Gasteiger partial charge in [0.1, 0.15) is 17.3 Å². The number of benzene rings is 1. The number of nitrogens with zero attached hydrogens (tertiary/aromatic N) is 5. The molecule has 0 bridgehead atoms. The minimum absolute atomic E-state index is 0.0312. The Hall–Kier alpha value is -3.92. The summed E-state index contributed by atoms with van der Waals surface area (Å²) in [5.74, 6) is -2.00. The molecule has 1 aliphatic rings. The van der Waals surface area contributed by atoms with Gasteiger partial charge in [-0.2, -0.15) is 5.10 Å². The Morgan fingerprint density at radius 3 is 2.58 bits per heavy atom. The van der Waals surface area contributed by atoms with Gasteiger partial charge in [-0.05, 0) is 42.8 Å². The number of fused-ring (bicyclic) bond motifs is 1. The van der Waals surface area contributed by atoms with Crippen LogP contribution in [0.15, 0.2) is 42.6 Å². The Labute approximate surface area is 187 Å². The van der Waals surface area contributed by atoms with Gasteiger partial charge in [-0.25, -0.2) is 28.2 Å². The number of carboxylic acid groups (broad SMARTS) is 1. The van der Waals surface area contributed by atoms with Crippen molar-refractivity contribution in [3.63, 3.8) is 0 Å². The first kappa shape index (κ1) is 21.0. The highest BCUT2D eigenvalue weighted by molar-refractivity contribution is 5.99. The molecule has 4 heterocycles. The van der Waals surface area contributed by atoms with Crippen LogP contribution in [0.5, 0.6) is 0 Å². The van der Waals surface area contributed by atoms with Gasteiger partial charge in [-0.15, -0.1) is 0 Å². The third-order valence-corrected chi connectivity index (χ3v) is 5.56. The molecule has 0 aliphatic carbocycles. The van der Waals surface area contributed by atoms with Crippen molar-refractivity contribution in [2.24, 2.45) is 0 Å². The molecule has 4 aromatic rings. The van der Waals surface area contributed by atoms with E-state index in [1.54, 1.807) is 13.1 Å². The van der Waals surface area contributed by atoms with Crippen molar-refractivity contribution < 1.29 is 23.4 Å². The lowest BCUT2D eigenvalue weighted by atomic mass is 10.0. The Morgan fingerprint density at radius 2 is 1.91 bits per heavy atom. The first-order chi connectivity index (χ1) is 15.9. The van der Waals surface area contributed by atoms with Gasteiger partial charge in [0, 0.05) is 30.9 Å². The van der Waals surface area contributed by atoms with Crippen LogP contribution in [0, 0.1) is 18.6 Å². The van der Waals surface area contributed by atoms with E-state index >= 15 is 0 Å². The summed E-state index contributed by atoms with van der Waals surface area (Å²) in [7, 11) is 0. The van der Waals surface area contributed by atoms with E-state index in [9.17, 15) is 18.7 Å². The second-order valence-corrected chi connectivity index (χ2v) is 7.66. The van der Waals surface area contributed by atoms with E-state index in [-0.39, 0.29) is 17.0 Å². The number of aromatic carboxylic acids is 1. The largest absolute Gasteiger partial charge is 0.477 e. The molecule has 0 amide bonds. The van der Waals surface area contributed by atoms with E-state index < -0.39 is 17.6 Å². The predicted molar refractivity (Wildman–Crippen MR) is 117 cm³/mol. The Kier molecular flexibility index (Phi) is 5.21. The van der Waals surface area contributed by atoms with Crippen molar-refractivity contribution in [2.45, 2.75) is 6.92 Å². The van der Waals surface area contributed by atoms with Gasteiger partial charge >= 0.3 is 5.97 Å². The molecule has 8 nitrogen and oxygen atoms in total. The standard InChI is InChI=1S/C23H19F2N5O3/c1-13-21-16(14-2-5-20(26-12-14)29-6-8-33-9-7-29)11-18(23(31)32)27-22(21)30(28-13)19-4-3-15(24)10-17(19)25/h2-5,10-12H,6-9H2,1H3,(H,31,32). The number of carbonyl (C=O) groups is 1. The van der Waals surface area contributed by atoms with E-state index in [0.29, 0.717) is 35.4 Å². The molecule has 0 radical (unpaired) electrons. The molecule has 0 unspecified atom stereocenters. The zero-order valence-corrected chi connectivity index (χ0v) is 17.6. The van der Waals surface area contributed by atoms with Crippen LogP contribution in [0.3, 0.4) is 0 Å². The average Bonchev–Trinajstić information content (AvgIpc) is 3.15. The Morgan fingerprint density at radius 1 is 1.12 bits per heavy atom. The highest BCUT2D eigenvalue weighted by atomic mass is 19.1. The molecular weight excluding hydrogens is 432 g/mol. The lowest BCUT2D eigenvalue weighted by Crippen LogP contribution is -2.36. The van der Waals surface area contributed by atoms with Gasteiger partial charge in [-0.1, -0.05) is 0 Å². The molecule has 1 aliphatic heterocycles. The van der Waals surface area contributed by atoms with Crippen molar-refractivity contribution in [3.8, 4) is 16.8 Å². The van der Waals surface area contributed by atoms with E-state index in [0.717, 1.165) is 31.0 Å². The highest BCUT2D eigenvalue weighted by Gasteiger charge is 2.22. The minimum atomic E-state index is -1.24. The van der Waals surface area contributed by atoms with Crippen molar-refractivity contribution in [3.05, 3.63) is 65.6 Å². The molecule has 0 saturated carbocycles. The summed E-state index contributed by atoms with van der Waals surface area (Å²) in [6.07, 6.45) is 1.67. The maximum absolute atomic E-state index is 14.5. The number of morpholine rings is 1. The van der Waals surface area contributed by atoms with E-state index in [1.165, 1.54) is 16.8 Å². The summed E-state index contributed by atoms with van der Waals surface area (Å²) < 4.78 is 34.5. The SMILES string of the molecule is Cc1nn(-c2ccc(F)cc2F)c2nc(C(=O)O)cc(-c3ccc(N4CCOCC4)nc3)c12. The first-order valence-electron chi connectivity index (χ1n) is 10.3. The lowest BCUT2D eigenvalue weighted by Gasteiger charge is -2.27. The number of hydrogen-bond acceptors (Lipinski definition) is 6. The lowest BCUT2D eigenvalue weighted by molar-refractivity contribution is 0.0691. The molecule has 1 saturated heterocycles. The van der Waals surface area contributed by atoms with Gasteiger partial charge in [0.15, 0.2) is 17.2 Å². The monoisotopic (exact) mass is 451 g/mol. The summed E-state index contributed by atoms with van der Waals surface area (Å²) in [5.41, 5.74) is 1.65. The number of anilines is 1. The first-order valence-corrected chi connectivity index (χ1v) is 10.3. The fourth-order valence-electron chi connectivity index (χ4n) is 3.97. The molecule has 3 aromatic heterocycles. The molecule has 1 N–H and O–H groups in total. The summed E-state index contributed by atoms with van der Waals surface area (Å²) >= 11 is 0. The topological polar surface area (TPSA) is 93.4 Å². The highest BCUT2D eigenvalue weighted by Crippen LogP contribution is 2.33. The van der Waals surface area contributed by atoms with Crippen molar-refractivity contribution in [1.82, 2.24) is 19.7 Å². The molecule has 0 spiro atoms. The molecular formula is C23H19F2N5O3. The Balaban J connectivity index is 1.67. The smallest absolute Gasteiger partial charge is 0.354 e. The van der Waals surface area contributed by atoms with Gasteiger partial charge in [0.2, 0.25) is 0 Å². The van der Waals surface area contributed by atoms with E-state index in [1.807, 2.05) is 12.1 Å². The molecule has 10 heteroatoms. The molecule has 1 fully saturated rings. The molecule has 5 rings (SSSR count). The average molecular weight is 451 g/mol. The maximum Gasteiger partial charge on any atom is 0.354 e. The van der Waals surface area contributed by atoms with Crippen molar-refractivity contribution >= 4 is 22.8 Å². The molecule has 0 atom stereocenters. The fraction of sp³-hybridized carbons (Fsp3) is 0.217. The van der Waals surface area contributed by atoms with Crippen LogP contribution in [0.1, 0.15) is 16.2 Å². The van der Waals surface area contributed by atoms with Gasteiger partial charge < -0.3 is 14.7 Å². The summed E-state index contributed by atoms with van der Waals surface area (Å²) in [6, 6.07) is 8.27. The third-order valence-electron chi connectivity index (χ3n) is 5.56. The molecule has 1 aromatic carbocycles. The van der Waals surface area contributed by atoms with E-state index in [2.05, 4.69) is 20.0 Å². The van der Waals surface area contributed by atoms with Gasteiger partial charge in [0.25, 0.3) is 0 Å². The maximum atomic E-state index is 14.5. The summed E-state index contributed by atoms with van der Waals surface area (Å²) in [6.45, 7) is 4.47. The van der Waals surface area contributed by atoms with Crippen molar-refractivity contribution in [2.75, 3.05) is 31.2 Å². The second-order valence-electron chi connectivity index (χ2n) is 7.66. The number of rotatable bonds is 4. The minimum Gasteiger partial charge on any atom is -0.477 e. The van der Waals surface area contributed by atoms with E-state index in [4.69, 9.17) is 4.74 Å². The van der Waals surface area contributed by atoms with Gasteiger partial charge in [-0.3, -0.25) is 0 Å². The molecule has 168 valence electrons. The van der Waals surface area contributed by atoms with Crippen LogP contribution in [-0.2, 0) is 4.74 Å². The van der Waals surface area contributed by atoms with Crippen LogP contribution in [0.2, 0.25) is 0 Å². The second kappa shape index (κ2) is 8.21. The van der Waals surface area contributed by atoms with Crippen LogP contribution in [0.4, 0.5) is 14.6 Å². The zero-order chi connectivity index (χ0) is 23.1. The summed E-state index contributed by atoms with van der Waals surface area (Å²) in [5, 5.41) is 14.6. The number of pyridine rings is 2. The Bertz CT molecular complexity index is 1370. The van der Waals surface area contributed by atoms with Crippen LogP contribution in [-0.4, -0.2) is 57.1 Å². The third kappa shape index (κ3) is 3.78. The number of aromatic nitrogens is 4. The number of carboxylic acids is 1. The van der Waals surface area contributed by atoms with Crippen LogP contribution >= 0.6 is 0 Å². The number of aryl methyl sites for hydroxylation is 1. The number of hydrogen-bond donors (Lipinski definition) is 1. The number of ether oxygens (including phenoxy) is 1. The quantitative estimate of drug-likeness (QED) is 0.507. The van der Waals surface area contributed by atoms with Crippen LogP contribution < -0.4 is 4.90 Å². The fourth-order valence-corrected chi connectivity index (χ4v) is 3.97.